The van der Waals surface area contributed by atoms with Gasteiger partial charge in [-0.15, -0.1) is 11.6 Å². The minimum absolute atomic E-state index is 0.0841. The summed E-state index contributed by atoms with van der Waals surface area (Å²) in [5.74, 6) is -0.918. The summed E-state index contributed by atoms with van der Waals surface area (Å²) in [5, 5.41) is 0. The molecule has 0 bridgehead atoms. The van der Waals surface area contributed by atoms with Crippen molar-refractivity contribution in [2.45, 2.75) is 6.04 Å². The Hall–Kier alpha value is -1.01. The van der Waals surface area contributed by atoms with Crippen LogP contribution in [-0.4, -0.2) is 23.9 Å². The van der Waals surface area contributed by atoms with E-state index in [1.54, 1.807) is 5.48 Å². The summed E-state index contributed by atoms with van der Waals surface area (Å²) in [5.41, 5.74) is 11.3. The smallest absolute Gasteiger partial charge is 0.349 e. The van der Waals surface area contributed by atoms with Crippen molar-refractivity contribution in [2.75, 3.05) is 5.88 Å². The van der Waals surface area contributed by atoms with Crippen molar-refractivity contribution >= 4 is 23.6 Å². The number of nitrogens with one attached hydrogen (secondary N) is 1. The quantitative estimate of drug-likeness (QED) is 0.363. The maximum absolute atomic E-state index is 10.6. The molecule has 0 unspecified atom stereocenters. The number of urea groups is 1. The first-order chi connectivity index (χ1) is 5.07. The van der Waals surface area contributed by atoms with Gasteiger partial charge < -0.3 is 16.3 Å². The Bertz CT molecular complexity index is 163. The van der Waals surface area contributed by atoms with Gasteiger partial charge in [0, 0.05) is 5.88 Å². The van der Waals surface area contributed by atoms with E-state index < -0.39 is 18.0 Å². The number of amides is 2. The van der Waals surface area contributed by atoms with Crippen LogP contribution in [-0.2, 0) is 9.63 Å². The normalized spacial score (nSPS) is 11.8. The molecular weight excluding hydrogens is 174 g/mol. The lowest BCUT2D eigenvalue weighted by atomic mass is 10.4. The monoisotopic (exact) mass is 181 g/mol. The zero-order valence-electron chi connectivity index (χ0n) is 5.54. The molecule has 6 nitrogen and oxygen atoms in total. The van der Waals surface area contributed by atoms with Crippen LogP contribution >= 0.6 is 11.6 Å². The number of hydrogen-bond acceptors (Lipinski definition) is 4. The standard InChI is InChI=1S/C4H8ClN3O3/c5-1-2(6)3(9)11-8-4(7)10/h2H,1,6H2,(H3,7,8,10)/t2-/m0/s1. The van der Waals surface area contributed by atoms with E-state index in [0.717, 1.165) is 0 Å². The molecule has 0 aliphatic carbocycles. The van der Waals surface area contributed by atoms with E-state index in [9.17, 15) is 9.59 Å². The summed E-state index contributed by atoms with van der Waals surface area (Å²) in [7, 11) is 0. The predicted octanol–water partition coefficient (Wildman–Crippen LogP) is -1.32. The van der Waals surface area contributed by atoms with Crippen LogP contribution in [0.3, 0.4) is 0 Å². The van der Waals surface area contributed by atoms with Crippen molar-refractivity contribution in [3.63, 3.8) is 0 Å². The zero-order chi connectivity index (χ0) is 8.85. The molecule has 0 radical (unpaired) electrons. The third-order valence-electron chi connectivity index (χ3n) is 0.721. The molecule has 0 aromatic carbocycles. The van der Waals surface area contributed by atoms with Crippen LogP contribution in [0.4, 0.5) is 4.79 Å². The van der Waals surface area contributed by atoms with E-state index in [0.29, 0.717) is 0 Å². The van der Waals surface area contributed by atoms with E-state index in [2.05, 4.69) is 10.6 Å². The predicted molar refractivity (Wildman–Crippen MR) is 37.5 cm³/mol. The number of halogens is 1. The molecule has 0 heterocycles. The van der Waals surface area contributed by atoms with Crippen molar-refractivity contribution in [1.82, 2.24) is 5.48 Å². The second kappa shape index (κ2) is 4.75. The minimum Gasteiger partial charge on any atom is -0.349 e. The summed E-state index contributed by atoms with van der Waals surface area (Å²) < 4.78 is 0. The highest BCUT2D eigenvalue weighted by atomic mass is 35.5. The zero-order valence-corrected chi connectivity index (χ0v) is 6.30. The highest BCUT2D eigenvalue weighted by Crippen LogP contribution is 1.85. The molecular formula is C4H8ClN3O3. The first-order valence-electron chi connectivity index (χ1n) is 2.65. The summed E-state index contributed by atoms with van der Waals surface area (Å²) in [6, 6.07) is -1.93. The number of rotatable bonds is 2. The SMILES string of the molecule is NC(=O)NOC(=O)[C@@H](N)CCl. The third-order valence-corrected chi connectivity index (χ3v) is 1.05. The Morgan fingerprint density at radius 1 is 1.64 bits per heavy atom. The molecule has 64 valence electrons. The number of nitrogens with two attached hydrogens (primary N) is 2. The van der Waals surface area contributed by atoms with E-state index in [4.69, 9.17) is 17.3 Å². The van der Waals surface area contributed by atoms with Gasteiger partial charge in [0.25, 0.3) is 0 Å². The molecule has 0 aliphatic rings. The van der Waals surface area contributed by atoms with Gasteiger partial charge in [0.15, 0.2) is 0 Å². The fourth-order valence-electron chi connectivity index (χ4n) is 0.239. The molecule has 0 aromatic rings. The molecule has 11 heavy (non-hydrogen) atoms. The Balaban J connectivity index is 3.60. The van der Waals surface area contributed by atoms with Gasteiger partial charge in [-0.05, 0) is 0 Å². The molecule has 1 atom stereocenters. The van der Waals surface area contributed by atoms with Crippen LogP contribution in [0.25, 0.3) is 0 Å². The lowest BCUT2D eigenvalue weighted by Crippen LogP contribution is -2.40. The van der Waals surface area contributed by atoms with Crippen LogP contribution < -0.4 is 16.9 Å². The fourth-order valence-corrected chi connectivity index (χ4v) is 0.365. The summed E-state index contributed by atoms with van der Waals surface area (Å²) >= 11 is 5.19. The van der Waals surface area contributed by atoms with Crippen LogP contribution in [0.5, 0.6) is 0 Å². The molecule has 0 fully saturated rings. The summed E-state index contributed by atoms with van der Waals surface area (Å²) in [6.07, 6.45) is 0. The second-order valence-electron chi connectivity index (χ2n) is 1.65. The molecule has 0 spiro atoms. The van der Waals surface area contributed by atoms with Gasteiger partial charge in [-0.3, -0.25) is 0 Å². The minimum atomic E-state index is -0.972. The summed E-state index contributed by atoms with van der Waals surface area (Å²) in [6.45, 7) is 0. The molecule has 0 saturated carbocycles. The van der Waals surface area contributed by atoms with Gasteiger partial charge in [-0.25, -0.2) is 9.59 Å². The number of hydrogen-bond donors (Lipinski definition) is 3. The summed E-state index contributed by atoms with van der Waals surface area (Å²) in [4.78, 5) is 24.6. The molecule has 2 amide bonds. The van der Waals surface area contributed by atoms with Crippen LogP contribution in [0.1, 0.15) is 0 Å². The van der Waals surface area contributed by atoms with Gasteiger partial charge >= 0.3 is 12.0 Å². The molecule has 0 saturated heterocycles. The Kier molecular flexibility index (Phi) is 4.32. The van der Waals surface area contributed by atoms with Gasteiger partial charge in [0.05, 0.1) is 0 Å². The first kappa shape index (κ1) is 9.99. The van der Waals surface area contributed by atoms with Crippen LogP contribution in [0.15, 0.2) is 0 Å². The number of alkyl halides is 1. The van der Waals surface area contributed by atoms with Crippen molar-refractivity contribution in [3.8, 4) is 0 Å². The van der Waals surface area contributed by atoms with Crippen molar-refractivity contribution in [1.29, 1.82) is 0 Å². The molecule has 0 aromatic heterocycles. The van der Waals surface area contributed by atoms with Gasteiger partial charge in [-0.2, -0.15) is 5.48 Å². The highest BCUT2D eigenvalue weighted by molar-refractivity contribution is 6.19. The number of carbonyl (C=O) groups excluding carboxylic acids is 2. The maximum atomic E-state index is 10.6. The van der Waals surface area contributed by atoms with E-state index >= 15 is 0 Å². The Morgan fingerprint density at radius 2 is 2.18 bits per heavy atom. The Labute approximate surface area is 67.8 Å². The Morgan fingerprint density at radius 3 is 2.55 bits per heavy atom. The first-order valence-corrected chi connectivity index (χ1v) is 3.19. The second-order valence-corrected chi connectivity index (χ2v) is 1.96. The van der Waals surface area contributed by atoms with E-state index in [1.165, 1.54) is 0 Å². The molecule has 0 aliphatic heterocycles. The third kappa shape index (κ3) is 4.40. The average molecular weight is 182 g/mol. The highest BCUT2D eigenvalue weighted by Gasteiger charge is 2.14. The lowest BCUT2D eigenvalue weighted by Gasteiger charge is -2.05. The average Bonchev–Trinajstić information content (AvgIpc) is 1.98. The maximum Gasteiger partial charge on any atom is 0.350 e. The van der Waals surface area contributed by atoms with E-state index in [1.807, 2.05) is 0 Å². The topological polar surface area (TPSA) is 107 Å². The van der Waals surface area contributed by atoms with Gasteiger partial charge in [-0.1, -0.05) is 0 Å². The van der Waals surface area contributed by atoms with Gasteiger partial charge in [0.1, 0.15) is 6.04 Å². The molecule has 5 N–H and O–H groups in total. The number of carbonyl (C=O) groups is 2. The van der Waals surface area contributed by atoms with Crippen LogP contribution in [0.2, 0.25) is 0 Å². The fraction of sp³-hybridized carbons (Fsp3) is 0.500. The van der Waals surface area contributed by atoms with Crippen molar-refractivity contribution in [3.05, 3.63) is 0 Å². The molecule has 0 rings (SSSR count). The lowest BCUT2D eigenvalue weighted by molar-refractivity contribution is -0.149. The molecule has 7 heteroatoms. The van der Waals surface area contributed by atoms with Gasteiger partial charge in [0.2, 0.25) is 0 Å². The largest absolute Gasteiger partial charge is 0.350 e. The number of primary amides is 1. The van der Waals surface area contributed by atoms with E-state index in [-0.39, 0.29) is 5.88 Å². The van der Waals surface area contributed by atoms with Crippen LogP contribution in [0, 0.1) is 0 Å². The van der Waals surface area contributed by atoms with Crippen molar-refractivity contribution < 1.29 is 14.4 Å². The number of hydroxylamine groups is 1. The van der Waals surface area contributed by atoms with Crippen molar-refractivity contribution in [2.24, 2.45) is 11.5 Å².